The highest BCUT2D eigenvalue weighted by atomic mass is 32.2. The van der Waals surface area contributed by atoms with Gasteiger partial charge in [0.25, 0.3) is 0 Å². The fraction of sp³-hybridized carbons (Fsp3) is 0.632. The van der Waals surface area contributed by atoms with Crippen LogP contribution in [0.4, 0.5) is 5.69 Å². The van der Waals surface area contributed by atoms with Crippen molar-refractivity contribution in [1.29, 1.82) is 0 Å². The van der Waals surface area contributed by atoms with Gasteiger partial charge in [0.1, 0.15) is 0 Å². The lowest BCUT2D eigenvalue weighted by molar-refractivity contribution is -0.117. The van der Waals surface area contributed by atoms with Gasteiger partial charge in [0, 0.05) is 11.7 Å². The average molecular weight is 365 g/mol. The first-order chi connectivity index (χ1) is 11.8. The molecule has 25 heavy (non-hydrogen) atoms. The molecule has 1 saturated carbocycles. The topological polar surface area (TPSA) is 66.5 Å². The monoisotopic (exact) mass is 364 g/mol. The van der Waals surface area contributed by atoms with E-state index in [1.54, 1.807) is 0 Å². The molecule has 1 aromatic rings. The molecule has 3 rings (SSSR count). The maximum Gasteiger partial charge on any atom is 0.238 e. The first kappa shape index (κ1) is 18.4. The molecule has 1 atom stereocenters. The van der Waals surface area contributed by atoms with Crippen molar-refractivity contribution in [2.75, 3.05) is 29.9 Å². The second-order valence-corrected chi connectivity index (χ2v) is 9.90. The Labute approximate surface area is 150 Å². The molecule has 1 N–H and O–H groups in total. The van der Waals surface area contributed by atoms with E-state index in [1.807, 2.05) is 24.3 Å². The Morgan fingerprint density at radius 3 is 2.52 bits per heavy atom. The van der Waals surface area contributed by atoms with Gasteiger partial charge in [-0.2, -0.15) is 0 Å². The molecule has 1 aromatic carbocycles. The van der Waals surface area contributed by atoms with Crippen LogP contribution < -0.4 is 5.32 Å². The zero-order valence-electron chi connectivity index (χ0n) is 15.1. The van der Waals surface area contributed by atoms with Crippen LogP contribution in [0.15, 0.2) is 24.3 Å². The van der Waals surface area contributed by atoms with E-state index in [9.17, 15) is 13.2 Å². The van der Waals surface area contributed by atoms with E-state index in [-0.39, 0.29) is 30.0 Å². The number of rotatable bonds is 5. The summed E-state index contributed by atoms with van der Waals surface area (Å²) in [5, 5.41) is 2.95. The van der Waals surface area contributed by atoms with E-state index in [0.717, 1.165) is 18.5 Å². The molecule has 1 aliphatic carbocycles. The van der Waals surface area contributed by atoms with Gasteiger partial charge in [0.2, 0.25) is 5.91 Å². The SMILES string of the molecule is CC(C)c1ccc(NC(=O)CN2CCCS(=O)(=O)CC2C2CC2)cc1. The summed E-state index contributed by atoms with van der Waals surface area (Å²) in [7, 11) is -2.99. The molecule has 1 saturated heterocycles. The van der Waals surface area contributed by atoms with Crippen LogP contribution in [-0.2, 0) is 14.6 Å². The van der Waals surface area contributed by atoms with Gasteiger partial charge >= 0.3 is 0 Å². The second-order valence-electron chi connectivity index (χ2n) is 7.67. The van der Waals surface area contributed by atoms with Crippen LogP contribution in [0.25, 0.3) is 0 Å². The minimum absolute atomic E-state index is 0.00145. The number of carbonyl (C=O) groups is 1. The molecule has 1 aliphatic heterocycles. The molecule has 1 amide bonds. The van der Waals surface area contributed by atoms with Crippen molar-refractivity contribution in [3.05, 3.63) is 29.8 Å². The summed E-state index contributed by atoms with van der Waals surface area (Å²) in [5.41, 5.74) is 2.03. The van der Waals surface area contributed by atoms with Gasteiger partial charge in [-0.25, -0.2) is 8.42 Å². The zero-order valence-corrected chi connectivity index (χ0v) is 15.9. The van der Waals surface area contributed by atoms with E-state index in [1.165, 1.54) is 5.56 Å². The third-order valence-corrected chi connectivity index (χ3v) is 6.93. The number of carbonyl (C=O) groups excluding carboxylic acids is 1. The maximum absolute atomic E-state index is 12.5. The zero-order chi connectivity index (χ0) is 18.0. The Kier molecular flexibility index (Phi) is 5.49. The van der Waals surface area contributed by atoms with Gasteiger partial charge in [0.15, 0.2) is 9.84 Å². The summed E-state index contributed by atoms with van der Waals surface area (Å²) in [5.74, 6) is 1.27. The summed E-state index contributed by atoms with van der Waals surface area (Å²) in [4.78, 5) is 14.5. The molecule has 0 aromatic heterocycles. The molecule has 2 fully saturated rings. The van der Waals surface area contributed by atoms with E-state index < -0.39 is 9.84 Å². The number of amides is 1. The molecule has 2 aliphatic rings. The van der Waals surface area contributed by atoms with Crippen molar-refractivity contribution >= 4 is 21.4 Å². The van der Waals surface area contributed by atoms with Gasteiger partial charge in [0.05, 0.1) is 18.1 Å². The van der Waals surface area contributed by atoms with Crippen LogP contribution in [-0.4, -0.2) is 49.9 Å². The predicted octanol–water partition coefficient (Wildman–Crippen LogP) is 2.65. The van der Waals surface area contributed by atoms with Crippen LogP contribution >= 0.6 is 0 Å². The van der Waals surface area contributed by atoms with Crippen LogP contribution in [0.5, 0.6) is 0 Å². The minimum atomic E-state index is -2.99. The van der Waals surface area contributed by atoms with Crippen LogP contribution in [0.2, 0.25) is 0 Å². The Balaban J connectivity index is 1.62. The Morgan fingerprint density at radius 1 is 1.24 bits per heavy atom. The van der Waals surface area contributed by atoms with Gasteiger partial charge in [-0.3, -0.25) is 9.69 Å². The quantitative estimate of drug-likeness (QED) is 0.872. The summed E-state index contributed by atoms with van der Waals surface area (Å²) < 4.78 is 24.2. The Hall–Kier alpha value is -1.40. The fourth-order valence-electron chi connectivity index (χ4n) is 3.55. The Bertz CT molecular complexity index is 709. The Morgan fingerprint density at radius 2 is 1.92 bits per heavy atom. The van der Waals surface area contributed by atoms with E-state index >= 15 is 0 Å². The molecule has 0 bridgehead atoms. The van der Waals surface area contributed by atoms with Gasteiger partial charge in [-0.15, -0.1) is 0 Å². The highest BCUT2D eigenvalue weighted by Crippen LogP contribution is 2.37. The number of sulfone groups is 1. The molecule has 1 unspecified atom stereocenters. The number of hydrogen-bond donors (Lipinski definition) is 1. The molecule has 6 heteroatoms. The minimum Gasteiger partial charge on any atom is -0.325 e. The summed E-state index contributed by atoms with van der Waals surface area (Å²) in [6.45, 7) is 5.22. The lowest BCUT2D eigenvalue weighted by atomic mass is 10.0. The van der Waals surface area contributed by atoms with Crippen LogP contribution in [0.1, 0.15) is 44.6 Å². The summed E-state index contributed by atoms with van der Waals surface area (Å²) in [6, 6.07) is 7.93. The lowest BCUT2D eigenvalue weighted by Gasteiger charge is -2.28. The third kappa shape index (κ3) is 5.05. The molecule has 0 spiro atoms. The number of benzene rings is 1. The largest absolute Gasteiger partial charge is 0.325 e. The average Bonchev–Trinajstić information content (AvgIpc) is 3.36. The van der Waals surface area contributed by atoms with E-state index in [4.69, 9.17) is 0 Å². The normalized spacial score (nSPS) is 24.0. The van der Waals surface area contributed by atoms with E-state index in [2.05, 4.69) is 24.1 Å². The maximum atomic E-state index is 12.5. The number of anilines is 1. The molecule has 5 nitrogen and oxygen atoms in total. The smallest absolute Gasteiger partial charge is 0.238 e. The fourth-order valence-corrected chi connectivity index (χ4v) is 5.29. The van der Waals surface area contributed by atoms with Crippen LogP contribution in [0.3, 0.4) is 0 Å². The number of hydrogen-bond acceptors (Lipinski definition) is 4. The molecule has 1 heterocycles. The standard InChI is InChI=1S/C19H28N2O3S/c1-14(2)15-6-8-17(9-7-15)20-19(22)12-21-10-3-11-25(23,24)13-18(21)16-4-5-16/h6-9,14,16,18H,3-5,10-13H2,1-2H3,(H,20,22). The molecular weight excluding hydrogens is 336 g/mol. The second kappa shape index (κ2) is 7.46. The number of nitrogens with zero attached hydrogens (tertiary/aromatic N) is 1. The van der Waals surface area contributed by atoms with Crippen molar-refractivity contribution < 1.29 is 13.2 Å². The number of nitrogens with one attached hydrogen (secondary N) is 1. The van der Waals surface area contributed by atoms with Crippen molar-refractivity contribution in [3.8, 4) is 0 Å². The lowest BCUT2D eigenvalue weighted by Crippen LogP contribution is -2.44. The summed E-state index contributed by atoms with van der Waals surface area (Å²) >= 11 is 0. The highest BCUT2D eigenvalue weighted by Gasteiger charge is 2.40. The molecular formula is C19H28N2O3S. The van der Waals surface area contributed by atoms with Crippen molar-refractivity contribution in [3.63, 3.8) is 0 Å². The van der Waals surface area contributed by atoms with Crippen molar-refractivity contribution in [1.82, 2.24) is 4.90 Å². The predicted molar refractivity (Wildman–Crippen MR) is 101 cm³/mol. The van der Waals surface area contributed by atoms with Crippen LogP contribution in [0, 0.1) is 5.92 Å². The van der Waals surface area contributed by atoms with Gasteiger partial charge < -0.3 is 5.32 Å². The van der Waals surface area contributed by atoms with Crippen molar-refractivity contribution in [2.24, 2.45) is 5.92 Å². The highest BCUT2D eigenvalue weighted by molar-refractivity contribution is 7.91. The summed E-state index contributed by atoms with van der Waals surface area (Å²) in [6.07, 6.45) is 2.77. The first-order valence-electron chi connectivity index (χ1n) is 9.18. The van der Waals surface area contributed by atoms with Gasteiger partial charge in [-0.1, -0.05) is 26.0 Å². The van der Waals surface area contributed by atoms with Gasteiger partial charge in [-0.05, 0) is 55.3 Å². The third-order valence-electron chi connectivity index (χ3n) is 5.17. The van der Waals surface area contributed by atoms with E-state index in [0.29, 0.717) is 24.8 Å². The van der Waals surface area contributed by atoms with Crippen molar-refractivity contribution in [2.45, 2.75) is 45.1 Å². The molecule has 138 valence electrons. The first-order valence-corrected chi connectivity index (χ1v) is 11.0. The molecule has 0 radical (unpaired) electrons.